The summed E-state index contributed by atoms with van der Waals surface area (Å²) in [5, 5.41) is 7.96. The number of carbonyl (C=O) groups is 2. The lowest BCUT2D eigenvalue weighted by atomic mass is 9.89. The number of hydrogen-bond acceptors (Lipinski definition) is 7. The summed E-state index contributed by atoms with van der Waals surface area (Å²) in [4.78, 5) is 31.2. The monoisotopic (exact) mass is 618 g/mol. The van der Waals surface area contributed by atoms with Crippen molar-refractivity contribution in [1.82, 2.24) is 24.2 Å². The molecule has 2 aromatic heterocycles. The van der Waals surface area contributed by atoms with Crippen molar-refractivity contribution in [2.45, 2.75) is 37.0 Å². The van der Waals surface area contributed by atoms with E-state index in [-0.39, 0.29) is 46.0 Å². The number of hydrogen-bond donors (Lipinski definition) is 2. The molecule has 0 bridgehead atoms. The van der Waals surface area contributed by atoms with Gasteiger partial charge in [-0.1, -0.05) is 42.3 Å². The van der Waals surface area contributed by atoms with Crippen LogP contribution in [-0.4, -0.2) is 52.8 Å². The maximum absolute atomic E-state index is 13.8. The number of piperidine rings is 1. The van der Waals surface area contributed by atoms with Crippen LogP contribution in [0.5, 0.6) is 0 Å². The van der Waals surface area contributed by atoms with Gasteiger partial charge in [0.25, 0.3) is 15.9 Å². The van der Waals surface area contributed by atoms with E-state index in [1.54, 1.807) is 35.2 Å². The summed E-state index contributed by atoms with van der Waals surface area (Å²) in [6.45, 7) is 2.41. The number of nitrogens with one attached hydrogen (secondary N) is 2. The van der Waals surface area contributed by atoms with Crippen LogP contribution in [0, 0.1) is 5.82 Å². The normalized spacial score (nSPS) is 14.3. The Labute approximate surface area is 245 Å². The van der Waals surface area contributed by atoms with Gasteiger partial charge in [0.15, 0.2) is 10.5 Å². The summed E-state index contributed by atoms with van der Waals surface area (Å²) in [5.41, 5.74) is 1.39. The molecule has 0 spiro atoms. The summed E-state index contributed by atoms with van der Waals surface area (Å²) in [7, 11) is -4.29. The van der Waals surface area contributed by atoms with E-state index in [4.69, 9.17) is 23.2 Å². The van der Waals surface area contributed by atoms with Crippen LogP contribution >= 0.6 is 23.2 Å². The number of amides is 2. The van der Waals surface area contributed by atoms with Gasteiger partial charge < -0.3 is 10.2 Å². The molecule has 5 rings (SSSR count). The molecule has 14 heteroatoms. The fourth-order valence-corrected chi connectivity index (χ4v) is 6.15. The van der Waals surface area contributed by atoms with Crippen molar-refractivity contribution < 1.29 is 22.4 Å². The molecule has 2 amide bonds. The molecule has 214 valence electrons. The van der Waals surface area contributed by atoms with Crippen LogP contribution in [0.2, 0.25) is 10.0 Å². The molecule has 1 aliphatic rings. The minimum atomic E-state index is -4.29. The molecule has 0 aliphatic carbocycles. The number of sulfonamides is 1. The molecule has 0 saturated carbocycles. The molecule has 41 heavy (non-hydrogen) atoms. The number of carbonyl (C=O) groups excluding carboxylic acids is 2. The highest BCUT2D eigenvalue weighted by Crippen LogP contribution is 2.33. The third-order valence-corrected chi connectivity index (χ3v) is 8.82. The molecule has 10 nitrogen and oxygen atoms in total. The average molecular weight is 620 g/mol. The Bertz CT molecular complexity index is 1740. The quantitative estimate of drug-likeness (QED) is 0.293. The van der Waals surface area contributed by atoms with Gasteiger partial charge in [0, 0.05) is 30.7 Å². The van der Waals surface area contributed by atoms with Crippen molar-refractivity contribution in [2.24, 2.45) is 0 Å². The number of anilines is 2. The van der Waals surface area contributed by atoms with Crippen LogP contribution in [0.1, 0.15) is 48.0 Å². The number of benzene rings is 2. The molecular formula is C27H25Cl2FN6O4S. The first kappa shape index (κ1) is 28.8. The lowest BCUT2D eigenvalue weighted by Crippen LogP contribution is -2.38. The van der Waals surface area contributed by atoms with Crippen LogP contribution < -0.4 is 10.0 Å². The van der Waals surface area contributed by atoms with Crippen molar-refractivity contribution in [1.29, 1.82) is 0 Å². The van der Waals surface area contributed by atoms with E-state index in [1.807, 2.05) is 4.72 Å². The second-order valence-corrected chi connectivity index (χ2v) is 12.0. The van der Waals surface area contributed by atoms with E-state index in [9.17, 15) is 22.4 Å². The number of likely N-dealkylation sites (tertiary alicyclic amines) is 1. The third kappa shape index (κ3) is 5.99. The van der Waals surface area contributed by atoms with Gasteiger partial charge in [-0.15, -0.1) is 0 Å². The Hall–Kier alpha value is -3.74. The lowest BCUT2D eigenvalue weighted by Gasteiger charge is -2.32. The zero-order chi connectivity index (χ0) is 29.3. The largest absolute Gasteiger partial charge is 0.338 e. The summed E-state index contributed by atoms with van der Waals surface area (Å²) in [6.07, 6.45) is 3.64. The molecule has 1 aliphatic heterocycles. The van der Waals surface area contributed by atoms with E-state index >= 15 is 0 Å². The second kappa shape index (κ2) is 11.6. The SMILES string of the molecule is CCC(=O)NS(=O)(=O)c1cnn2c(Nc3cc(Cl)ccc3Cl)c(C(=O)N3CCC(c4ccc(F)cc4)CC3)cnc12. The van der Waals surface area contributed by atoms with Crippen molar-refractivity contribution in [3.8, 4) is 0 Å². The van der Waals surface area contributed by atoms with Gasteiger partial charge in [-0.25, -0.2) is 22.5 Å². The highest BCUT2D eigenvalue weighted by Gasteiger charge is 2.30. The molecule has 1 fully saturated rings. The first-order chi connectivity index (χ1) is 19.6. The molecular weight excluding hydrogens is 594 g/mol. The van der Waals surface area contributed by atoms with Crippen molar-refractivity contribution in [2.75, 3.05) is 18.4 Å². The zero-order valence-corrected chi connectivity index (χ0v) is 24.1. The minimum Gasteiger partial charge on any atom is -0.338 e. The Kier molecular flexibility index (Phi) is 8.16. The number of rotatable bonds is 7. The summed E-state index contributed by atoms with van der Waals surface area (Å²) in [5.74, 6) is -1.04. The van der Waals surface area contributed by atoms with E-state index in [0.29, 0.717) is 41.7 Å². The van der Waals surface area contributed by atoms with Gasteiger partial charge in [0.2, 0.25) is 5.91 Å². The lowest BCUT2D eigenvalue weighted by molar-refractivity contribution is -0.119. The Morgan fingerprint density at radius 1 is 1.07 bits per heavy atom. The molecule has 2 aromatic carbocycles. The molecule has 2 N–H and O–H groups in total. The summed E-state index contributed by atoms with van der Waals surface area (Å²) in [6, 6.07) is 11.1. The predicted molar refractivity (Wildman–Crippen MR) is 153 cm³/mol. The van der Waals surface area contributed by atoms with Crippen LogP contribution in [-0.2, 0) is 14.8 Å². The average Bonchev–Trinajstić information content (AvgIpc) is 3.41. The Morgan fingerprint density at radius 3 is 2.46 bits per heavy atom. The zero-order valence-electron chi connectivity index (χ0n) is 21.8. The van der Waals surface area contributed by atoms with Gasteiger partial charge in [-0.2, -0.15) is 9.61 Å². The highest BCUT2D eigenvalue weighted by atomic mass is 35.5. The standard InChI is InChI=1S/C27H25Cl2FN6O4S/c1-2-24(37)34-41(39,40)23-15-32-36-25(33-22-13-18(28)5-8-21(22)29)20(14-31-26(23)36)27(38)35-11-9-17(10-12-35)16-3-6-19(30)7-4-16/h3-8,13-15,17,33H,2,9-12H2,1H3,(H,34,37). The van der Waals surface area contributed by atoms with Crippen molar-refractivity contribution in [3.63, 3.8) is 0 Å². The fraction of sp³-hybridized carbons (Fsp3) is 0.259. The molecule has 0 unspecified atom stereocenters. The van der Waals surface area contributed by atoms with Gasteiger partial charge in [-0.3, -0.25) is 9.59 Å². The Morgan fingerprint density at radius 2 is 1.78 bits per heavy atom. The first-order valence-corrected chi connectivity index (χ1v) is 15.0. The van der Waals surface area contributed by atoms with Gasteiger partial charge >= 0.3 is 0 Å². The van der Waals surface area contributed by atoms with Gasteiger partial charge in [-0.05, 0) is 54.7 Å². The van der Waals surface area contributed by atoms with Crippen LogP contribution in [0.4, 0.5) is 15.9 Å². The van der Waals surface area contributed by atoms with Crippen molar-refractivity contribution in [3.05, 3.63) is 81.8 Å². The van der Waals surface area contributed by atoms with Gasteiger partial charge in [0.1, 0.15) is 17.2 Å². The van der Waals surface area contributed by atoms with Crippen LogP contribution in [0.15, 0.2) is 59.8 Å². The first-order valence-electron chi connectivity index (χ1n) is 12.8. The smallest absolute Gasteiger partial charge is 0.269 e. The maximum Gasteiger partial charge on any atom is 0.269 e. The summed E-state index contributed by atoms with van der Waals surface area (Å²) >= 11 is 12.6. The van der Waals surface area contributed by atoms with E-state index in [1.165, 1.54) is 29.8 Å². The highest BCUT2D eigenvalue weighted by molar-refractivity contribution is 7.90. The maximum atomic E-state index is 13.8. The van der Waals surface area contributed by atoms with Crippen LogP contribution in [0.3, 0.4) is 0 Å². The van der Waals surface area contributed by atoms with Crippen LogP contribution in [0.25, 0.3) is 5.65 Å². The number of fused-ring (bicyclic) bond motifs is 1. The predicted octanol–water partition coefficient (Wildman–Crippen LogP) is 5.15. The number of halogens is 3. The molecule has 0 atom stereocenters. The second-order valence-electron chi connectivity index (χ2n) is 9.51. The van der Waals surface area contributed by atoms with Gasteiger partial charge in [0.05, 0.1) is 16.9 Å². The number of nitrogens with zero attached hydrogens (tertiary/aromatic N) is 4. The van der Waals surface area contributed by atoms with E-state index in [0.717, 1.165) is 11.8 Å². The van der Waals surface area contributed by atoms with E-state index in [2.05, 4.69) is 15.4 Å². The molecule has 3 heterocycles. The minimum absolute atomic E-state index is 0.0392. The topological polar surface area (TPSA) is 126 Å². The Balaban J connectivity index is 1.51. The van der Waals surface area contributed by atoms with Crippen molar-refractivity contribution >= 4 is 62.2 Å². The number of aromatic nitrogens is 3. The molecule has 1 saturated heterocycles. The van der Waals surface area contributed by atoms with E-state index < -0.39 is 15.9 Å². The molecule has 0 radical (unpaired) electrons. The third-order valence-electron chi connectivity index (χ3n) is 6.89. The fourth-order valence-electron chi connectivity index (χ4n) is 4.70. The summed E-state index contributed by atoms with van der Waals surface area (Å²) < 4.78 is 42.3. The molecule has 4 aromatic rings.